The Balaban J connectivity index is 1.96. The van der Waals surface area contributed by atoms with Crippen LogP contribution in [0.4, 0.5) is 0 Å². The van der Waals surface area contributed by atoms with E-state index in [4.69, 9.17) is 0 Å². The number of hydrogen-bond donors (Lipinski definition) is 1. The van der Waals surface area contributed by atoms with E-state index in [0.29, 0.717) is 5.75 Å². The van der Waals surface area contributed by atoms with Crippen LogP contribution in [0.1, 0.15) is 29.9 Å². The van der Waals surface area contributed by atoms with Crippen LogP contribution in [0.5, 0.6) is 5.75 Å². The topological polar surface area (TPSA) is 33.1 Å². The van der Waals surface area contributed by atoms with Crippen molar-refractivity contribution in [3.05, 3.63) is 47.7 Å². The smallest absolute Gasteiger partial charge is 0.116 e. The van der Waals surface area contributed by atoms with Crippen LogP contribution in [0.25, 0.3) is 11.3 Å². The van der Waals surface area contributed by atoms with E-state index in [-0.39, 0.29) is 0 Å². The maximum Gasteiger partial charge on any atom is 0.116 e. The van der Waals surface area contributed by atoms with Crippen LogP contribution in [0.3, 0.4) is 0 Å². The number of benzene rings is 1. The van der Waals surface area contributed by atoms with Crippen molar-refractivity contribution in [2.75, 3.05) is 0 Å². The number of nitrogens with zero attached hydrogens (tertiary/aromatic N) is 1. The molecule has 0 amide bonds. The highest BCUT2D eigenvalue weighted by atomic mass is 16.3. The summed E-state index contributed by atoms with van der Waals surface area (Å²) in [6, 6.07) is 9.74. The lowest BCUT2D eigenvalue weighted by molar-refractivity contribution is 0.475. The van der Waals surface area contributed by atoms with Crippen molar-refractivity contribution in [1.82, 2.24) is 4.98 Å². The second kappa shape index (κ2) is 3.88. The third-order valence-corrected chi connectivity index (χ3v) is 3.19. The van der Waals surface area contributed by atoms with Crippen LogP contribution in [-0.4, -0.2) is 10.1 Å². The van der Waals surface area contributed by atoms with E-state index < -0.39 is 0 Å². The summed E-state index contributed by atoms with van der Waals surface area (Å²) < 4.78 is 0. The molecule has 0 aliphatic heterocycles. The number of phenolic OH excluding ortho intramolecular Hbond substituents is 1. The first kappa shape index (κ1) is 10.3. The van der Waals surface area contributed by atoms with Gasteiger partial charge in [-0.25, -0.2) is 0 Å². The lowest BCUT2D eigenvalue weighted by Gasteiger charge is -2.05. The van der Waals surface area contributed by atoms with E-state index in [0.717, 1.165) is 22.7 Å². The summed E-state index contributed by atoms with van der Waals surface area (Å²) in [7, 11) is 0. The molecule has 17 heavy (non-hydrogen) atoms. The summed E-state index contributed by atoms with van der Waals surface area (Å²) in [5.41, 5.74) is 4.29. The summed E-state index contributed by atoms with van der Waals surface area (Å²) in [6.45, 7) is 1.97. The van der Waals surface area contributed by atoms with Gasteiger partial charge in [0.05, 0.1) is 5.69 Å². The number of phenols is 1. The average molecular weight is 225 g/mol. The van der Waals surface area contributed by atoms with Crippen molar-refractivity contribution in [3.63, 3.8) is 0 Å². The summed E-state index contributed by atoms with van der Waals surface area (Å²) in [5.74, 6) is 1.04. The molecule has 1 heterocycles. The molecule has 1 aromatic carbocycles. The van der Waals surface area contributed by atoms with Gasteiger partial charge in [-0.15, -0.1) is 0 Å². The molecular weight excluding hydrogens is 210 g/mol. The Morgan fingerprint density at radius 2 is 2.00 bits per heavy atom. The van der Waals surface area contributed by atoms with Crippen molar-refractivity contribution in [3.8, 4) is 17.0 Å². The molecule has 3 rings (SSSR count). The first-order valence-corrected chi connectivity index (χ1v) is 5.99. The van der Waals surface area contributed by atoms with E-state index in [1.54, 1.807) is 12.1 Å². The SMILES string of the molecule is Cc1cc(O)cc(-c2ccc(C3CC3)cn2)c1. The zero-order chi connectivity index (χ0) is 11.8. The highest BCUT2D eigenvalue weighted by Crippen LogP contribution is 2.40. The van der Waals surface area contributed by atoms with Gasteiger partial charge >= 0.3 is 0 Å². The van der Waals surface area contributed by atoms with Crippen molar-refractivity contribution in [2.45, 2.75) is 25.7 Å². The van der Waals surface area contributed by atoms with E-state index in [1.807, 2.05) is 25.3 Å². The minimum Gasteiger partial charge on any atom is -0.508 e. The largest absolute Gasteiger partial charge is 0.508 e. The van der Waals surface area contributed by atoms with Gasteiger partial charge < -0.3 is 5.11 Å². The van der Waals surface area contributed by atoms with E-state index in [1.165, 1.54) is 18.4 Å². The molecule has 86 valence electrons. The number of pyridine rings is 1. The molecule has 2 heteroatoms. The van der Waals surface area contributed by atoms with Gasteiger partial charge in [-0.3, -0.25) is 4.98 Å². The molecule has 0 unspecified atom stereocenters. The van der Waals surface area contributed by atoms with Crippen molar-refractivity contribution in [1.29, 1.82) is 0 Å². The van der Waals surface area contributed by atoms with E-state index in [9.17, 15) is 5.11 Å². The van der Waals surface area contributed by atoms with Gasteiger partial charge in [0.1, 0.15) is 5.75 Å². The van der Waals surface area contributed by atoms with Gasteiger partial charge in [0.2, 0.25) is 0 Å². The quantitative estimate of drug-likeness (QED) is 0.846. The first-order valence-electron chi connectivity index (χ1n) is 5.99. The lowest BCUT2D eigenvalue weighted by Crippen LogP contribution is -1.87. The molecule has 1 aromatic heterocycles. The number of hydrogen-bond acceptors (Lipinski definition) is 2. The molecule has 1 saturated carbocycles. The average Bonchev–Trinajstić information content (AvgIpc) is 3.12. The molecule has 1 aliphatic carbocycles. The molecule has 0 atom stereocenters. The van der Waals surface area contributed by atoms with Gasteiger partial charge in [-0.05, 0) is 61.1 Å². The molecule has 0 radical (unpaired) electrons. The van der Waals surface area contributed by atoms with Crippen LogP contribution < -0.4 is 0 Å². The number of aryl methyl sites for hydroxylation is 1. The van der Waals surface area contributed by atoms with Crippen molar-refractivity contribution >= 4 is 0 Å². The number of aromatic hydroxyl groups is 1. The second-order valence-electron chi connectivity index (χ2n) is 4.81. The lowest BCUT2D eigenvalue weighted by atomic mass is 10.1. The molecule has 2 nitrogen and oxygen atoms in total. The van der Waals surface area contributed by atoms with Crippen LogP contribution in [-0.2, 0) is 0 Å². The second-order valence-corrected chi connectivity index (χ2v) is 4.81. The summed E-state index contributed by atoms with van der Waals surface area (Å²) in [4.78, 5) is 4.48. The van der Waals surface area contributed by atoms with Crippen LogP contribution in [0.2, 0.25) is 0 Å². The third kappa shape index (κ3) is 2.16. The van der Waals surface area contributed by atoms with Crippen LogP contribution in [0.15, 0.2) is 36.5 Å². The number of rotatable bonds is 2. The Morgan fingerprint density at radius 1 is 1.18 bits per heavy atom. The van der Waals surface area contributed by atoms with Gasteiger partial charge in [0.15, 0.2) is 0 Å². The fourth-order valence-corrected chi connectivity index (χ4v) is 2.14. The third-order valence-electron chi connectivity index (χ3n) is 3.19. The van der Waals surface area contributed by atoms with Gasteiger partial charge in [-0.2, -0.15) is 0 Å². The predicted molar refractivity (Wildman–Crippen MR) is 68.0 cm³/mol. The zero-order valence-corrected chi connectivity index (χ0v) is 9.85. The van der Waals surface area contributed by atoms with Gasteiger partial charge in [-0.1, -0.05) is 6.07 Å². The van der Waals surface area contributed by atoms with E-state index in [2.05, 4.69) is 11.1 Å². The van der Waals surface area contributed by atoms with Crippen LogP contribution >= 0.6 is 0 Å². The Bertz CT molecular complexity index is 521. The Morgan fingerprint density at radius 3 is 2.59 bits per heavy atom. The standard InChI is InChI=1S/C15H15NO/c1-10-6-13(8-14(17)7-10)15-5-4-12(9-16-15)11-2-3-11/h4-9,11,17H,2-3H2,1H3. The maximum absolute atomic E-state index is 9.58. The summed E-state index contributed by atoms with van der Waals surface area (Å²) in [5, 5.41) is 9.58. The summed E-state index contributed by atoms with van der Waals surface area (Å²) in [6.07, 6.45) is 4.56. The van der Waals surface area contributed by atoms with Gasteiger partial charge in [0.25, 0.3) is 0 Å². The Kier molecular flexibility index (Phi) is 2.36. The molecule has 1 N–H and O–H groups in total. The normalized spacial score (nSPS) is 14.9. The zero-order valence-electron chi connectivity index (χ0n) is 9.85. The summed E-state index contributed by atoms with van der Waals surface area (Å²) >= 11 is 0. The van der Waals surface area contributed by atoms with Crippen molar-refractivity contribution in [2.24, 2.45) is 0 Å². The number of aromatic nitrogens is 1. The molecular formula is C15H15NO. The minimum absolute atomic E-state index is 0.299. The molecule has 0 saturated heterocycles. The molecule has 1 aliphatic rings. The molecule has 0 spiro atoms. The molecule has 1 fully saturated rings. The predicted octanol–water partition coefficient (Wildman–Crippen LogP) is 3.64. The van der Waals surface area contributed by atoms with E-state index >= 15 is 0 Å². The highest BCUT2D eigenvalue weighted by molar-refractivity contribution is 5.62. The fraction of sp³-hybridized carbons (Fsp3) is 0.267. The van der Waals surface area contributed by atoms with Gasteiger partial charge in [0, 0.05) is 11.8 Å². The highest BCUT2D eigenvalue weighted by Gasteiger charge is 2.23. The fourth-order valence-electron chi connectivity index (χ4n) is 2.14. The Hall–Kier alpha value is -1.83. The molecule has 0 bridgehead atoms. The van der Waals surface area contributed by atoms with Crippen LogP contribution in [0, 0.1) is 6.92 Å². The first-order chi connectivity index (χ1) is 8.22. The monoisotopic (exact) mass is 225 g/mol. The molecule has 2 aromatic rings. The Labute approximate surface area is 101 Å². The minimum atomic E-state index is 0.299. The van der Waals surface area contributed by atoms with Crippen molar-refractivity contribution < 1.29 is 5.11 Å². The maximum atomic E-state index is 9.58.